The Morgan fingerprint density at radius 3 is 2.52 bits per heavy atom. The van der Waals surface area contributed by atoms with Crippen molar-refractivity contribution in [1.82, 2.24) is 4.90 Å². The number of ether oxygens (including phenoxy) is 1. The molecule has 0 N–H and O–H groups in total. The van der Waals surface area contributed by atoms with Gasteiger partial charge in [0.1, 0.15) is 0 Å². The largest absolute Gasteiger partial charge is 0.377 e. The van der Waals surface area contributed by atoms with Crippen LogP contribution in [0.15, 0.2) is 52.3 Å². The van der Waals surface area contributed by atoms with E-state index < -0.39 is 0 Å². The second-order valence-corrected chi connectivity index (χ2v) is 8.08. The molecule has 2 rings (SSSR count). The zero-order chi connectivity index (χ0) is 16.7. The Labute approximate surface area is 157 Å². The normalized spacial score (nSPS) is 11.2. The predicted molar refractivity (Wildman–Crippen MR) is 107 cm³/mol. The molecule has 4 heteroatoms. The number of nitrogens with zero attached hydrogens (tertiary/aromatic N) is 1. The molecule has 0 bridgehead atoms. The van der Waals surface area contributed by atoms with Crippen molar-refractivity contribution in [1.29, 1.82) is 0 Å². The Morgan fingerprint density at radius 2 is 1.78 bits per heavy atom. The van der Waals surface area contributed by atoms with Gasteiger partial charge in [0.25, 0.3) is 0 Å². The van der Waals surface area contributed by atoms with Crippen molar-refractivity contribution in [2.24, 2.45) is 0 Å². The average molecular weight is 441 g/mol. The van der Waals surface area contributed by atoms with E-state index in [0.717, 1.165) is 19.6 Å². The fraction of sp³-hybridized carbons (Fsp3) is 0.368. The van der Waals surface area contributed by atoms with Crippen LogP contribution in [0.5, 0.6) is 0 Å². The number of hydrogen-bond acceptors (Lipinski definition) is 3. The minimum atomic E-state index is 0.683. The van der Waals surface area contributed by atoms with Gasteiger partial charge in [-0.1, -0.05) is 36.9 Å². The summed E-state index contributed by atoms with van der Waals surface area (Å²) in [6.45, 7) is 4.59. The van der Waals surface area contributed by atoms with E-state index in [2.05, 4.69) is 91.0 Å². The van der Waals surface area contributed by atoms with E-state index in [-0.39, 0.29) is 0 Å². The van der Waals surface area contributed by atoms with Gasteiger partial charge < -0.3 is 9.64 Å². The smallest absolute Gasteiger partial charge is 0.0728 e. The third-order valence-electron chi connectivity index (χ3n) is 3.31. The summed E-state index contributed by atoms with van der Waals surface area (Å²) in [7, 11) is 4.21. The first-order valence-corrected chi connectivity index (χ1v) is 9.76. The van der Waals surface area contributed by atoms with Crippen LogP contribution in [0.2, 0.25) is 0 Å². The standard InChI is InChI=1S/C19H24INOS/c1-4-11-22-14-16-12-17(20)9-10-19(16)23-18-8-6-5-7-15(18)13-21(2)3/h5-10,12H,4,11,13-14H2,1-3H3. The third kappa shape index (κ3) is 6.10. The Morgan fingerprint density at radius 1 is 1.04 bits per heavy atom. The Hall–Kier alpha value is -0.560. The molecule has 2 nitrogen and oxygen atoms in total. The van der Waals surface area contributed by atoms with Gasteiger partial charge in [0.2, 0.25) is 0 Å². The Balaban J connectivity index is 2.22. The van der Waals surface area contributed by atoms with E-state index in [0.29, 0.717) is 6.61 Å². The van der Waals surface area contributed by atoms with Crippen molar-refractivity contribution in [3.8, 4) is 0 Å². The van der Waals surface area contributed by atoms with Crippen molar-refractivity contribution >= 4 is 34.4 Å². The highest BCUT2D eigenvalue weighted by atomic mass is 127. The molecule has 0 saturated heterocycles. The molecule has 0 heterocycles. The first-order chi connectivity index (χ1) is 11.1. The summed E-state index contributed by atoms with van der Waals surface area (Å²) < 4.78 is 7.03. The van der Waals surface area contributed by atoms with E-state index in [9.17, 15) is 0 Å². The van der Waals surface area contributed by atoms with Crippen molar-refractivity contribution in [2.45, 2.75) is 36.3 Å². The van der Waals surface area contributed by atoms with Crippen LogP contribution in [0.25, 0.3) is 0 Å². The Kier molecular flexibility index (Phi) is 7.89. The maximum atomic E-state index is 5.77. The quantitative estimate of drug-likeness (QED) is 0.401. The molecule has 0 spiro atoms. The molecular weight excluding hydrogens is 417 g/mol. The molecule has 0 atom stereocenters. The van der Waals surface area contributed by atoms with Gasteiger partial charge in [0.05, 0.1) is 6.61 Å². The molecule has 23 heavy (non-hydrogen) atoms. The van der Waals surface area contributed by atoms with Gasteiger partial charge >= 0.3 is 0 Å². The molecule has 0 amide bonds. The molecule has 124 valence electrons. The molecule has 0 radical (unpaired) electrons. The SMILES string of the molecule is CCCOCc1cc(I)ccc1Sc1ccccc1CN(C)C. The lowest BCUT2D eigenvalue weighted by atomic mass is 10.2. The molecular formula is C19H24INOS. The van der Waals surface area contributed by atoms with Crippen molar-refractivity contribution in [3.63, 3.8) is 0 Å². The first kappa shape index (κ1) is 18.8. The minimum Gasteiger partial charge on any atom is -0.377 e. The molecule has 2 aromatic carbocycles. The van der Waals surface area contributed by atoms with E-state index in [4.69, 9.17) is 4.74 Å². The van der Waals surface area contributed by atoms with Gasteiger partial charge in [-0.05, 0) is 78.5 Å². The zero-order valence-electron chi connectivity index (χ0n) is 14.0. The summed E-state index contributed by atoms with van der Waals surface area (Å²) >= 11 is 4.20. The molecule has 0 unspecified atom stereocenters. The second kappa shape index (κ2) is 9.67. The van der Waals surface area contributed by atoms with E-state index in [1.54, 1.807) is 0 Å². The van der Waals surface area contributed by atoms with E-state index in [1.807, 2.05) is 11.8 Å². The maximum Gasteiger partial charge on any atom is 0.0728 e. The van der Waals surface area contributed by atoms with Crippen LogP contribution in [0, 0.1) is 3.57 Å². The fourth-order valence-electron chi connectivity index (χ4n) is 2.28. The summed E-state index contributed by atoms with van der Waals surface area (Å²) in [5, 5.41) is 0. The van der Waals surface area contributed by atoms with E-state index >= 15 is 0 Å². The summed E-state index contributed by atoms with van der Waals surface area (Å²) in [5.74, 6) is 0. The lowest BCUT2D eigenvalue weighted by Gasteiger charge is -2.15. The van der Waals surface area contributed by atoms with E-state index in [1.165, 1.54) is 24.5 Å². The van der Waals surface area contributed by atoms with Crippen LogP contribution in [-0.4, -0.2) is 25.6 Å². The Bertz CT molecular complexity index is 631. The summed E-state index contributed by atoms with van der Waals surface area (Å²) in [6, 6.07) is 15.3. The highest BCUT2D eigenvalue weighted by Crippen LogP contribution is 2.34. The van der Waals surface area contributed by atoms with Gasteiger partial charge in [-0.15, -0.1) is 0 Å². The van der Waals surface area contributed by atoms with Crippen LogP contribution < -0.4 is 0 Å². The molecule has 0 aliphatic carbocycles. The fourth-order valence-corrected chi connectivity index (χ4v) is 3.87. The van der Waals surface area contributed by atoms with Gasteiger partial charge in [0.15, 0.2) is 0 Å². The van der Waals surface area contributed by atoms with Gasteiger partial charge in [-0.2, -0.15) is 0 Å². The zero-order valence-corrected chi connectivity index (χ0v) is 17.0. The topological polar surface area (TPSA) is 12.5 Å². The van der Waals surface area contributed by atoms with Gasteiger partial charge in [0, 0.05) is 26.5 Å². The number of benzene rings is 2. The lowest BCUT2D eigenvalue weighted by molar-refractivity contribution is 0.120. The van der Waals surface area contributed by atoms with Crippen molar-refractivity contribution < 1.29 is 4.74 Å². The molecule has 0 aliphatic rings. The van der Waals surface area contributed by atoms with Gasteiger partial charge in [-0.25, -0.2) is 0 Å². The maximum absolute atomic E-state index is 5.77. The number of halogens is 1. The molecule has 0 fully saturated rings. The van der Waals surface area contributed by atoms with Crippen molar-refractivity contribution in [3.05, 3.63) is 57.2 Å². The first-order valence-electron chi connectivity index (χ1n) is 7.86. The second-order valence-electron chi connectivity index (χ2n) is 5.75. The lowest BCUT2D eigenvalue weighted by Crippen LogP contribution is -2.11. The van der Waals surface area contributed by atoms with Crippen LogP contribution in [0.1, 0.15) is 24.5 Å². The van der Waals surface area contributed by atoms with Crippen molar-refractivity contribution in [2.75, 3.05) is 20.7 Å². The number of rotatable bonds is 8. The van der Waals surface area contributed by atoms with Crippen LogP contribution in [0.3, 0.4) is 0 Å². The predicted octanol–water partition coefficient (Wildman–Crippen LogP) is 5.43. The third-order valence-corrected chi connectivity index (χ3v) is 5.22. The molecule has 0 aliphatic heterocycles. The summed E-state index contributed by atoms with van der Waals surface area (Å²) in [4.78, 5) is 4.81. The van der Waals surface area contributed by atoms with Gasteiger partial charge in [-0.3, -0.25) is 0 Å². The monoisotopic (exact) mass is 441 g/mol. The van der Waals surface area contributed by atoms with Crippen LogP contribution in [-0.2, 0) is 17.9 Å². The molecule has 2 aromatic rings. The highest BCUT2D eigenvalue weighted by Gasteiger charge is 2.09. The highest BCUT2D eigenvalue weighted by molar-refractivity contribution is 14.1. The number of hydrogen-bond donors (Lipinski definition) is 0. The summed E-state index contributed by atoms with van der Waals surface area (Å²) in [5.41, 5.74) is 2.64. The molecule has 0 aromatic heterocycles. The minimum absolute atomic E-state index is 0.683. The average Bonchev–Trinajstić information content (AvgIpc) is 2.51. The summed E-state index contributed by atoms with van der Waals surface area (Å²) in [6.07, 6.45) is 1.05. The van der Waals surface area contributed by atoms with Crippen LogP contribution >= 0.6 is 34.4 Å². The molecule has 0 saturated carbocycles. The van der Waals surface area contributed by atoms with Crippen LogP contribution in [0.4, 0.5) is 0 Å².